The first kappa shape index (κ1) is 16.3. The summed E-state index contributed by atoms with van der Waals surface area (Å²) >= 11 is 0. The molecule has 2 aliphatic heterocycles. The largest absolute Gasteiger partial charge is 0.497 e. The van der Waals surface area contributed by atoms with E-state index in [1.54, 1.807) is 7.11 Å². The van der Waals surface area contributed by atoms with Gasteiger partial charge in [0.2, 0.25) is 5.91 Å². The summed E-state index contributed by atoms with van der Waals surface area (Å²) in [6.07, 6.45) is 2.70. The number of benzene rings is 1. The molecule has 128 valence electrons. The molecule has 0 radical (unpaired) electrons. The maximum atomic E-state index is 12.5. The quantitative estimate of drug-likeness (QED) is 0.873. The van der Waals surface area contributed by atoms with Crippen molar-refractivity contribution < 1.29 is 14.3 Å². The molecule has 0 aromatic heterocycles. The molecule has 0 spiro atoms. The van der Waals surface area contributed by atoms with Crippen molar-refractivity contribution in [3.05, 3.63) is 24.3 Å². The Kier molecular flexibility index (Phi) is 4.98. The Labute approximate surface area is 141 Å². The van der Waals surface area contributed by atoms with Crippen LogP contribution in [0.25, 0.3) is 0 Å². The van der Waals surface area contributed by atoms with Crippen molar-refractivity contribution in [2.45, 2.75) is 31.7 Å². The Hall–Kier alpha value is -2.57. The molecule has 7 heteroatoms. The van der Waals surface area contributed by atoms with E-state index in [4.69, 9.17) is 4.74 Å². The molecule has 7 nitrogen and oxygen atoms in total. The summed E-state index contributed by atoms with van der Waals surface area (Å²) in [6, 6.07) is 7.97. The molecule has 1 atom stereocenters. The number of carbonyl (C=O) groups is 2. The second-order valence-electron chi connectivity index (χ2n) is 6.06. The monoisotopic (exact) mass is 330 g/mol. The zero-order chi connectivity index (χ0) is 16.9. The van der Waals surface area contributed by atoms with Crippen molar-refractivity contribution in [3.8, 4) is 5.75 Å². The molecule has 1 saturated heterocycles. The number of amides is 2. The van der Waals surface area contributed by atoms with E-state index in [0.29, 0.717) is 25.1 Å². The van der Waals surface area contributed by atoms with Crippen molar-refractivity contribution in [2.24, 2.45) is 5.10 Å². The summed E-state index contributed by atoms with van der Waals surface area (Å²) < 4.78 is 5.16. The van der Waals surface area contributed by atoms with Crippen LogP contribution >= 0.6 is 0 Å². The number of anilines is 1. The molecule has 1 aromatic carbocycles. The number of piperidine rings is 1. The topological polar surface area (TPSA) is 83.0 Å². The normalized spacial score (nSPS) is 20.9. The predicted molar refractivity (Wildman–Crippen MR) is 91.0 cm³/mol. The molecule has 0 bridgehead atoms. The minimum atomic E-state index is -0.135. The Morgan fingerprint density at radius 2 is 2.12 bits per heavy atom. The molecule has 1 aromatic rings. The third-order valence-electron chi connectivity index (χ3n) is 4.32. The lowest BCUT2D eigenvalue weighted by molar-refractivity contribution is -0.125. The highest BCUT2D eigenvalue weighted by Crippen LogP contribution is 2.20. The van der Waals surface area contributed by atoms with Gasteiger partial charge < -0.3 is 15.0 Å². The number of likely N-dealkylation sites (tertiary alicyclic amines) is 1. The van der Waals surface area contributed by atoms with E-state index in [0.717, 1.165) is 30.8 Å². The predicted octanol–water partition coefficient (Wildman–Crippen LogP) is 1.36. The number of carbonyl (C=O) groups excluding carboxylic acids is 2. The number of rotatable bonds is 4. The first-order chi connectivity index (χ1) is 11.7. The molecule has 0 saturated carbocycles. The average Bonchev–Trinajstić information content (AvgIpc) is 2.63. The first-order valence-electron chi connectivity index (χ1n) is 8.21. The van der Waals surface area contributed by atoms with Crippen LogP contribution in [0.4, 0.5) is 5.69 Å². The molecular weight excluding hydrogens is 308 g/mol. The fourth-order valence-electron chi connectivity index (χ4n) is 3.01. The number of hydrogen-bond donors (Lipinski definition) is 2. The van der Waals surface area contributed by atoms with Gasteiger partial charge in [0.15, 0.2) is 0 Å². The van der Waals surface area contributed by atoms with Crippen LogP contribution in [-0.4, -0.2) is 48.7 Å². The number of ether oxygens (including phenoxy) is 1. The maximum absolute atomic E-state index is 12.5. The van der Waals surface area contributed by atoms with Crippen molar-refractivity contribution in [1.29, 1.82) is 0 Å². The summed E-state index contributed by atoms with van der Waals surface area (Å²) in [5.41, 5.74) is 3.84. The second-order valence-corrected chi connectivity index (χ2v) is 6.06. The summed E-state index contributed by atoms with van der Waals surface area (Å²) in [7, 11) is 1.64. The van der Waals surface area contributed by atoms with E-state index in [1.165, 1.54) is 0 Å². The minimum absolute atomic E-state index is 0.0729. The van der Waals surface area contributed by atoms with Crippen LogP contribution in [0.5, 0.6) is 5.75 Å². The number of hydrazone groups is 1. The van der Waals surface area contributed by atoms with E-state index in [9.17, 15) is 9.59 Å². The van der Waals surface area contributed by atoms with Gasteiger partial charge >= 0.3 is 0 Å². The molecule has 1 fully saturated rings. The van der Waals surface area contributed by atoms with Crippen LogP contribution in [0.1, 0.15) is 25.7 Å². The molecule has 1 unspecified atom stereocenters. The minimum Gasteiger partial charge on any atom is -0.497 e. The highest BCUT2D eigenvalue weighted by Gasteiger charge is 2.28. The summed E-state index contributed by atoms with van der Waals surface area (Å²) in [6.45, 7) is 1.37. The fraction of sp³-hybridized carbons (Fsp3) is 0.471. The van der Waals surface area contributed by atoms with Gasteiger partial charge in [-0.2, -0.15) is 5.10 Å². The van der Waals surface area contributed by atoms with Gasteiger partial charge in [0.1, 0.15) is 11.5 Å². The van der Waals surface area contributed by atoms with Crippen LogP contribution in [0.2, 0.25) is 0 Å². The lowest BCUT2D eigenvalue weighted by Crippen LogP contribution is -2.48. The molecule has 24 heavy (non-hydrogen) atoms. The van der Waals surface area contributed by atoms with E-state index >= 15 is 0 Å². The highest BCUT2D eigenvalue weighted by molar-refractivity contribution is 6.39. The van der Waals surface area contributed by atoms with Crippen LogP contribution in [-0.2, 0) is 9.59 Å². The molecule has 0 aliphatic carbocycles. The molecule has 2 aliphatic rings. The van der Waals surface area contributed by atoms with Crippen molar-refractivity contribution in [2.75, 3.05) is 25.5 Å². The molecule has 2 amide bonds. The summed E-state index contributed by atoms with van der Waals surface area (Å²) in [4.78, 5) is 25.5. The van der Waals surface area contributed by atoms with Gasteiger partial charge in [-0.25, -0.2) is 5.43 Å². The van der Waals surface area contributed by atoms with Gasteiger partial charge in [0, 0.05) is 37.7 Å². The lowest BCUT2D eigenvalue weighted by atomic mass is 10.0. The van der Waals surface area contributed by atoms with Gasteiger partial charge in [0.05, 0.1) is 7.11 Å². The summed E-state index contributed by atoms with van der Waals surface area (Å²) in [5.74, 6) is 0.610. The second kappa shape index (κ2) is 7.33. The lowest BCUT2D eigenvalue weighted by Gasteiger charge is -2.34. The standard InChI is InChI=1S/C17H22N4O3/c1-24-14-6-4-12(5-7-14)18-13-3-2-10-21(11-13)17(23)15-8-9-16(22)20-19-15/h4-7,13,18H,2-3,8-11H2,1H3,(H,20,22). The first-order valence-corrected chi connectivity index (χ1v) is 8.21. The Balaban J connectivity index is 1.59. The SMILES string of the molecule is COc1ccc(NC2CCCN(C(=O)C3=NNC(=O)CC3)C2)cc1. The van der Waals surface area contributed by atoms with E-state index in [-0.39, 0.29) is 17.9 Å². The summed E-state index contributed by atoms with van der Waals surface area (Å²) in [5, 5.41) is 7.37. The van der Waals surface area contributed by atoms with Crippen LogP contribution in [0.3, 0.4) is 0 Å². The van der Waals surface area contributed by atoms with Gasteiger partial charge in [-0.15, -0.1) is 0 Å². The molecular formula is C17H22N4O3. The van der Waals surface area contributed by atoms with Gasteiger partial charge in [0.25, 0.3) is 5.91 Å². The number of methoxy groups -OCH3 is 1. The molecule has 2 heterocycles. The van der Waals surface area contributed by atoms with E-state index < -0.39 is 0 Å². The Morgan fingerprint density at radius 1 is 1.33 bits per heavy atom. The van der Waals surface area contributed by atoms with Crippen molar-refractivity contribution in [3.63, 3.8) is 0 Å². The van der Waals surface area contributed by atoms with Crippen molar-refractivity contribution >= 4 is 23.2 Å². The zero-order valence-corrected chi connectivity index (χ0v) is 13.7. The highest BCUT2D eigenvalue weighted by atomic mass is 16.5. The maximum Gasteiger partial charge on any atom is 0.270 e. The third-order valence-corrected chi connectivity index (χ3v) is 4.32. The van der Waals surface area contributed by atoms with Gasteiger partial charge in [-0.1, -0.05) is 0 Å². The Bertz CT molecular complexity index is 642. The van der Waals surface area contributed by atoms with Crippen molar-refractivity contribution in [1.82, 2.24) is 10.3 Å². The smallest absolute Gasteiger partial charge is 0.270 e. The van der Waals surface area contributed by atoms with Crippen LogP contribution in [0, 0.1) is 0 Å². The molecule has 2 N–H and O–H groups in total. The Morgan fingerprint density at radius 3 is 2.79 bits per heavy atom. The van der Waals surface area contributed by atoms with Gasteiger partial charge in [-0.05, 0) is 37.1 Å². The number of nitrogens with one attached hydrogen (secondary N) is 2. The third kappa shape index (κ3) is 3.84. The number of nitrogens with zero attached hydrogens (tertiary/aromatic N) is 2. The van der Waals surface area contributed by atoms with E-state index in [1.807, 2.05) is 29.2 Å². The number of hydrogen-bond acceptors (Lipinski definition) is 5. The fourth-order valence-corrected chi connectivity index (χ4v) is 3.01. The van der Waals surface area contributed by atoms with Gasteiger partial charge in [-0.3, -0.25) is 9.59 Å². The van der Waals surface area contributed by atoms with Crippen LogP contribution in [0.15, 0.2) is 29.4 Å². The van der Waals surface area contributed by atoms with E-state index in [2.05, 4.69) is 15.8 Å². The average molecular weight is 330 g/mol. The molecule has 3 rings (SSSR count). The van der Waals surface area contributed by atoms with Crippen LogP contribution < -0.4 is 15.5 Å². The zero-order valence-electron chi connectivity index (χ0n) is 13.7.